The van der Waals surface area contributed by atoms with Gasteiger partial charge in [-0.25, -0.2) is 0 Å². The lowest BCUT2D eigenvalue weighted by Gasteiger charge is -2.27. The fourth-order valence-corrected chi connectivity index (χ4v) is 4.55. The van der Waals surface area contributed by atoms with E-state index in [0.29, 0.717) is 0 Å². The summed E-state index contributed by atoms with van der Waals surface area (Å²) in [6, 6.07) is 3.97. The lowest BCUT2D eigenvalue weighted by Crippen LogP contribution is -2.37. The number of nitrogens with one attached hydrogen (secondary N) is 1. The molecule has 0 unspecified atom stereocenters. The van der Waals surface area contributed by atoms with E-state index < -0.39 is 11.3 Å². The van der Waals surface area contributed by atoms with Crippen molar-refractivity contribution in [2.45, 2.75) is 51.1 Å². The highest BCUT2D eigenvalue weighted by atomic mass is 32.1. The van der Waals surface area contributed by atoms with Crippen molar-refractivity contribution in [1.29, 1.82) is 0 Å². The molecular weight excluding hydrogens is 374 g/mol. The average molecular weight is 402 g/mol. The minimum absolute atomic E-state index is 0.0242. The van der Waals surface area contributed by atoms with Crippen LogP contribution in [0.5, 0.6) is 0 Å². The molecule has 28 heavy (non-hydrogen) atoms. The Morgan fingerprint density at radius 3 is 2.50 bits per heavy atom. The summed E-state index contributed by atoms with van der Waals surface area (Å²) in [5, 5.41) is 4.48. The number of amides is 2. The van der Waals surface area contributed by atoms with E-state index in [1.807, 2.05) is 29.0 Å². The van der Waals surface area contributed by atoms with Crippen LogP contribution in [-0.4, -0.2) is 35.4 Å². The molecule has 2 amide bonds. The number of carbonyl (C=O) groups excluding carboxylic acids is 2. The molecule has 0 spiro atoms. The number of nitrogens with zero attached hydrogens (tertiary/aromatic N) is 2. The maximum atomic E-state index is 13.2. The first-order valence-electron chi connectivity index (χ1n) is 9.72. The van der Waals surface area contributed by atoms with E-state index in [-0.39, 0.29) is 29.1 Å². The topological polar surface area (TPSA) is 71.4 Å². The highest BCUT2D eigenvalue weighted by Crippen LogP contribution is 2.29. The number of pyridine rings is 1. The van der Waals surface area contributed by atoms with Crippen LogP contribution >= 0.6 is 11.3 Å². The molecule has 2 aromatic heterocycles. The molecule has 1 aliphatic carbocycles. The maximum absolute atomic E-state index is 13.2. The zero-order valence-corrected chi connectivity index (χ0v) is 17.4. The molecule has 0 saturated heterocycles. The highest BCUT2D eigenvalue weighted by Gasteiger charge is 2.26. The van der Waals surface area contributed by atoms with E-state index >= 15 is 0 Å². The fraction of sp³-hybridized carbons (Fsp3) is 0.476. The Bertz CT molecular complexity index is 898. The van der Waals surface area contributed by atoms with Crippen LogP contribution in [0.3, 0.4) is 0 Å². The maximum Gasteiger partial charge on any atom is 0.259 e. The van der Waals surface area contributed by atoms with Crippen molar-refractivity contribution in [3.05, 3.63) is 56.1 Å². The highest BCUT2D eigenvalue weighted by molar-refractivity contribution is 7.10. The third-order valence-electron chi connectivity index (χ3n) is 5.60. The summed E-state index contributed by atoms with van der Waals surface area (Å²) in [6.45, 7) is 1.94. The largest absolute Gasteiger partial charge is 0.355 e. The van der Waals surface area contributed by atoms with Gasteiger partial charge < -0.3 is 14.8 Å². The van der Waals surface area contributed by atoms with Gasteiger partial charge in [-0.15, -0.1) is 11.3 Å². The van der Waals surface area contributed by atoms with Crippen LogP contribution in [0.1, 0.15) is 76.7 Å². The van der Waals surface area contributed by atoms with Crippen LogP contribution in [0.15, 0.2) is 34.7 Å². The second kappa shape index (κ2) is 8.73. The SMILES string of the molecule is CNC(=O)c1cn(C2CCCCC2)cc(C(=O)N(C)[C@H](C)c2cccs2)c1=O. The second-order valence-corrected chi connectivity index (χ2v) is 8.32. The van der Waals surface area contributed by atoms with Crippen LogP contribution in [0, 0.1) is 0 Å². The third-order valence-corrected chi connectivity index (χ3v) is 6.64. The predicted octanol–water partition coefficient (Wildman–Crippen LogP) is 3.61. The van der Waals surface area contributed by atoms with Crippen molar-refractivity contribution < 1.29 is 9.59 Å². The van der Waals surface area contributed by atoms with Crippen LogP contribution < -0.4 is 10.7 Å². The van der Waals surface area contributed by atoms with Gasteiger partial charge >= 0.3 is 0 Å². The minimum Gasteiger partial charge on any atom is -0.355 e. The third kappa shape index (κ3) is 4.04. The summed E-state index contributed by atoms with van der Waals surface area (Å²) in [5.41, 5.74) is -0.435. The first-order chi connectivity index (χ1) is 13.4. The number of hydrogen-bond acceptors (Lipinski definition) is 4. The number of aromatic nitrogens is 1. The van der Waals surface area contributed by atoms with Gasteiger partial charge in [-0.1, -0.05) is 25.3 Å². The lowest BCUT2D eigenvalue weighted by molar-refractivity contribution is 0.0742. The number of carbonyl (C=O) groups is 2. The van der Waals surface area contributed by atoms with E-state index in [4.69, 9.17) is 0 Å². The zero-order chi connectivity index (χ0) is 20.3. The first-order valence-corrected chi connectivity index (χ1v) is 10.6. The summed E-state index contributed by atoms with van der Waals surface area (Å²) < 4.78 is 1.90. The van der Waals surface area contributed by atoms with E-state index in [1.165, 1.54) is 13.5 Å². The lowest BCUT2D eigenvalue weighted by atomic mass is 9.95. The van der Waals surface area contributed by atoms with Crippen LogP contribution in [0.4, 0.5) is 0 Å². The molecule has 1 saturated carbocycles. The molecule has 1 aliphatic rings. The Kier molecular flexibility index (Phi) is 6.34. The van der Waals surface area contributed by atoms with E-state index in [9.17, 15) is 14.4 Å². The molecule has 0 aliphatic heterocycles. The van der Waals surface area contributed by atoms with Gasteiger partial charge in [0.05, 0.1) is 6.04 Å². The number of hydrogen-bond donors (Lipinski definition) is 1. The van der Waals surface area contributed by atoms with Crippen molar-refractivity contribution >= 4 is 23.2 Å². The van der Waals surface area contributed by atoms with E-state index in [1.54, 1.807) is 35.7 Å². The van der Waals surface area contributed by atoms with Crippen molar-refractivity contribution in [3.63, 3.8) is 0 Å². The van der Waals surface area contributed by atoms with Gasteiger partial charge in [0, 0.05) is 37.4 Å². The molecular formula is C21H27N3O3S. The Labute approximate surface area is 169 Å². The van der Waals surface area contributed by atoms with Gasteiger partial charge in [0.25, 0.3) is 11.8 Å². The summed E-state index contributed by atoms with van der Waals surface area (Å²) in [7, 11) is 3.19. The van der Waals surface area contributed by atoms with Gasteiger partial charge in [0.15, 0.2) is 0 Å². The average Bonchev–Trinajstić information content (AvgIpc) is 3.27. The van der Waals surface area contributed by atoms with Crippen molar-refractivity contribution in [3.8, 4) is 0 Å². The smallest absolute Gasteiger partial charge is 0.259 e. The van der Waals surface area contributed by atoms with Crippen molar-refractivity contribution in [2.24, 2.45) is 0 Å². The van der Waals surface area contributed by atoms with E-state index in [2.05, 4.69) is 5.32 Å². The normalized spacial score (nSPS) is 15.8. The second-order valence-electron chi connectivity index (χ2n) is 7.34. The Hall–Kier alpha value is -2.41. The zero-order valence-electron chi connectivity index (χ0n) is 16.6. The predicted molar refractivity (Wildman–Crippen MR) is 111 cm³/mol. The molecule has 2 aromatic rings. The molecule has 2 heterocycles. The molecule has 0 bridgehead atoms. The van der Waals surface area contributed by atoms with E-state index in [0.717, 1.165) is 30.6 Å². The molecule has 0 aromatic carbocycles. The molecule has 0 radical (unpaired) electrons. The quantitative estimate of drug-likeness (QED) is 0.832. The summed E-state index contributed by atoms with van der Waals surface area (Å²) >= 11 is 1.57. The van der Waals surface area contributed by atoms with Gasteiger partial charge in [-0.05, 0) is 31.2 Å². The molecule has 1 atom stereocenters. The Morgan fingerprint density at radius 2 is 1.89 bits per heavy atom. The summed E-state index contributed by atoms with van der Waals surface area (Å²) in [6.07, 6.45) is 8.67. The molecule has 1 N–H and O–H groups in total. The molecule has 3 rings (SSSR count). The van der Waals surface area contributed by atoms with Crippen molar-refractivity contribution in [1.82, 2.24) is 14.8 Å². The molecule has 6 nitrogen and oxygen atoms in total. The monoisotopic (exact) mass is 401 g/mol. The van der Waals surface area contributed by atoms with Gasteiger partial charge in [-0.3, -0.25) is 14.4 Å². The van der Waals surface area contributed by atoms with Crippen LogP contribution in [-0.2, 0) is 0 Å². The summed E-state index contributed by atoms with van der Waals surface area (Å²) in [5.74, 6) is -0.820. The fourth-order valence-electron chi connectivity index (χ4n) is 3.72. The van der Waals surface area contributed by atoms with Gasteiger partial charge in [0.1, 0.15) is 11.1 Å². The molecule has 1 fully saturated rings. The van der Waals surface area contributed by atoms with Crippen molar-refractivity contribution in [2.75, 3.05) is 14.1 Å². The van der Waals surface area contributed by atoms with Gasteiger partial charge in [-0.2, -0.15) is 0 Å². The first kappa shape index (κ1) is 20.3. The standard InChI is InChI=1S/C21H27N3O3S/c1-14(18-10-7-11-28-18)23(3)21(27)17-13-24(15-8-5-4-6-9-15)12-16(19(17)25)20(26)22-2/h7,10-15H,4-6,8-9H2,1-3H3,(H,22,26)/t14-/m1/s1. The number of rotatable bonds is 5. The number of thiophene rings is 1. The minimum atomic E-state index is -0.512. The van der Waals surface area contributed by atoms with Gasteiger partial charge in [0.2, 0.25) is 5.43 Å². The molecule has 150 valence electrons. The van der Waals surface area contributed by atoms with Crippen LogP contribution in [0.2, 0.25) is 0 Å². The Balaban J connectivity index is 2.01. The summed E-state index contributed by atoms with van der Waals surface area (Å²) in [4.78, 5) is 41.0. The Morgan fingerprint density at radius 1 is 1.21 bits per heavy atom. The molecule has 7 heteroatoms. The van der Waals surface area contributed by atoms with Crippen LogP contribution in [0.25, 0.3) is 0 Å².